The summed E-state index contributed by atoms with van der Waals surface area (Å²) in [5.41, 5.74) is 4.23. The van der Waals surface area contributed by atoms with Gasteiger partial charge in [0.2, 0.25) is 5.69 Å². The quantitative estimate of drug-likeness (QED) is 0.0160. The van der Waals surface area contributed by atoms with Gasteiger partial charge in [0.25, 0.3) is 25.6 Å². The van der Waals surface area contributed by atoms with Crippen molar-refractivity contribution in [3.05, 3.63) is 120 Å². The number of nitrogens with zero attached hydrogens (tertiary/aromatic N) is 2. The van der Waals surface area contributed by atoms with E-state index in [9.17, 15) is 38.9 Å². The van der Waals surface area contributed by atoms with Gasteiger partial charge in [-0.25, -0.2) is 9.74 Å². The van der Waals surface area contributed by atoms with E-state index in [1.54, 1.807) is 18.2 Å². The highest BCUT2D eigenvalue weighted by molar-refractivity contribution is 7.94. The zero-order valence-electron chi connectivity index (χ0n) is 32.0. The smallest absolute Gasteiger partial charge is 0.285 e. The molecule has 4 aromatic rings. The Kier molecular flexibility index (Phi) is 10.6. The van der Waals surface area contributed by atoms with Crippen molar-refractivity contribution in [3.63, 3.8) is 0 Å². The first-order chi connectivity index (χ1) is 27.0. The van der Waals surface area contributed by atoms with Gasteiger partial charge in [0, 0.05) is 34.2 Å². The standard InChI is InChI=1S/C40H40N2O12S4/c1-25(8-6-10-34-39(2,3)37-30-16-14-28(55-54-53-43)22-26(30)12-18-32(37)41(34)20-21-56(44,45)46)9-7-11-35-40(4,5)38-31-17-15-29(57(47,48)49)23-27(31)13-19-33(38)42(35)24-36(42)58(50,51)52/h6-19,22-23,36H,20-21,24H2,1-5H3,(H2-2,43,44,45,46,47,48,49,50,51,52)/p+2/b9-7+,10-6+,25-8+,35-11+. The SMILES string of the molecule is CC(/C=C/C=C1\C(C)(C)c2c(ccc3cc(S(=O)(=O)O)ccc23)[N+]12CC2S(=O)(=O)O)=C\C=C\C1=[N+](CCS(=O)(=O)O)c2ccc3cc(SOOO)ccc3c2C1(C)C. The minimum Gasteiger partial charge on any atom is -0.285 e. The van der Waals surface area contributed by atoms with E-state index >= 15 is 0 Å². The second kappa shape index (κ2) is 14.6. The van der Waals surface area contributed by atoms with E-state index in [-0.39, 0.29) is 22.5 Å². The fourth-order valence-electron chi connectivity index (χ4n) is 8.84. The van der Waals surface area contributed by atoms with Gasteiger partial charge in [-0.2, -0.15) is 29.8 Å². The molecule has 306 valence electrons. The van der Waals surface area contributed by atoms with Crippen LogP contribution in [0.1, 0.15) is 45.7 Å². The molecule has 2 unspecified atom stereocenters. The third-order valence-corrected chi connectivity index (χ3v) is 14.6. The molecular formula is C40H42N2O12S4+2. The van der Waals surface area contributed by atoms with Gasteiger partial charge in [-0.05, 0) is 98.6 Å². The molecule has 0 aliphatic carbocycles. The zero-order valence-corrected chi connectivity index (χ0v) is 35.3. The van der Waals surface area contributed by atoms with Crippen molar-refractivity contribution < 1.29 is 58.1 Å². The molecule has 0 radical (unpaired) electrons. The van der Waals surface area contributed by atoms with Crippen LogP contribution in [0.3, 0.4) is 0 Å². The molecule has 3 aliphatic heterocycles. The number of fused-ring (bicyclic) bond motifs is 7. The Morgan fingerprint density at radius 1 is 0.879 bits per heavy atom. The molecule has 1 spiro atoms. The monoisotopic (exact) mass is 870 g/mol. The first-order valence-corrected chi connectivity index (χ1v) is 23.3. The minimum absolute atomic E-state index is 0.00589. The molecule has 18 heteroatoms. The molecule has 0 amide bonds. The summed E-state index contributed by atoms with van der Waals surface area (Å²) in [4.78, 5) is 0.427. The maximum absolute atomic E-state index is 12.6. The van der Waals surface area contributed by atoms with Crippen LogP contribution in [-0.2, 0) is 50.6 Å². The summed E-state index contributed by atoms with van der Waals surface area (Å²) >= 11 is 0.841. The van der Waals surface area contributed by atoms with Crippen LogP contribution in [0.5, 0.6) is 0 Å². The molecule has 58 heavy (non-hydrogen) atoms. The van der Waals surface area contributed by atoms with Gasteiger partial charge in [0.1, 0.15) is 17.1 Å². The first-order valence-electron chi connectivity index (χ1n) is 18.0. The molecule has 0 aromatic heterocycles. The number of allylic oxidation sites excluding steroid dienone is 8. The van der Waals surface area contributed by atoms with Crippen LogP contribution in [0.4, 0.5) is 11.4 Å². The largest absolute Gasteiger partial charge is 0.326 e. The van der Waals surface area contributed by atoms with Crippen molar-refractivity contribution in [2.75, 3.05) is 18.8 Å². The van der Waals surface area contributed by atoms with Crippen molar-refractivity contribution in [3.8, 4) is 0 Å². The summed E-state index contributed by atoms with van der Waals surface area (Å²) < 4.78 is 109. The van der Waals surface area contributed by atoms with Gasteiger partial charge < -0.3 is 0 Å². The van der Waals surface area contributed by atoms with Crippen molar-refractivity contribution in [1.29, 1.82) is 0 Å². The summed E-state index contributed by atoms with van der Waals surface area (Å²) in [5, 5.41) is 14.3. The van der Waals surface area contributed by atoms with E-state index < -0.39 is 52.3 Å². The number of hydrogen-bond acceptors (Lipinski definition) is 10. The summed E-state index contributed by atoms with van der Waals surface area (Å²) in [6.07, 6.45) is 11.2. The normalized spacial score (nSPS) is 22.3. The molecule has 7 rings (SSSR count). The number of quaternary nitrogens is 1. The Morgan fingerprint density at radius 2 is 1.55 bits per heavy atom. The molecule has 3 aliphatic rings. The van der Waals surface area contributed by atoms with Crippen LogP contribution < -0.4 is 4.48 Å². The Morgan fingerprint density at radius 3 is 2.21 bits per heavy atom. The van der Waals surface area contributed by atoms with Gasteiger partial charge in [0.05, 0.1) is 27.8 Å². The maximum Gasteiger partial charge on any atom is 0.326 e. The number of hydrogen-bond donors (Lipinski definition) is 4. The topological polar surface area (TPSA) is 205 Å². The third kappa shape index (κ3) is 7.41. The molecule has 1 fully saturated rings. The molecule has 1 saturated heterocycles. The third-order valence-electron chi connectivity index (χ3n) is 11.3. The highest BCUT2D eigenvalue weighted by Gasteiger charge is 2.73. The van der Waals surface area contributed by atoms with Gasteiger partial charge in [0.15, 0.2) is 18.8 Å². The summed E-state index contributed by atoms with van der Waals surface area (Å²) in [5.74, 6) is -0.488. The predicted octanol–water partition coefficient (Wildman–Crippen LogP) is 7.40. The maximum atomic E-state index is 12.6. The summed E-state index contributed by atoms with van der Waals surface area (Å²) in [6.45, 7) is 10.00. The van der Waals surface area contributed by atoms with E-state index in [1.165, 1.54) is 12.1 Å². The fraction of sp³-hybridized carbons (Fsp3) is 0.275. The Bertz CT molecular complexity index is 2910. The van der Waals surface area contributed by atoms with Gasteiger partial charge in [-0.3, -0.25) is 13.7 Å². The van der Waals surface area contributed by atoms with Crippen LogP contribution in [0, 0.1) is 0 Å². The van der Waals surface area contributed by atoms with Crippen LogP contribution in [0.25, 0.3) is 21.5 Å². The first kappa shape index (κ1) is 42.1. The van der Waals surface area contributed by atoms with E-state index in [2.05, 4.69) is 9.37 Å². The molecule has 0 bridgehead atoms. The summed E-state index contributed by atoms with van der Waals surface area (Å²) in [6, 6.07) is 17.1. The zero-order chi connectivity index (χ0) is 42.2. The lowest BCUT2D eigenvalue weighted by Crippen LogP contribution is -2.33. The molecule has 0 saturated carbocycles. The molecule has 2 atom stereocenters. The average Bonchev–Trinajstić information content (AvgIpc) is 3.81. The number of benzene rings is 4. The molecule has 14 nitrogen and oxygen atoms in total. The Balaban J connectivity index is 1.23. The molecular weight excluding hydrogens is 829 g/mol. The lowest BCUT2D eigenvalue weighted by Gasteiger charge is -2.22. The molecule has 4 aromatic carbocycles. The lowest BCUT2D eigenvalue weighted by molar-refractivity contribution is -0.432. The van der Waals surface area contributed by atoms with Crippen LogP contribution >= 0.6 is 12.0 Å². The van der Waals surface area contributed by atoms with Crippen molar-refractivity contribution >= 4 is 81.0 Å². The molecule has 4 N–H and O–H groups in total. The van der Waals surface area contributed by atoms with Crippen molar-refractivity contribution in [2.45, 2.75) is 60.6 Å². The van der Waals surface area contributed by atoms with E-state index in [4.69, 9.17) is 5.26 Å². The average molecular weight is 871 g/mol. The van der Waals surface area contributed by atoms with Crippen LogP contribution in [0.15, 0.2) is 118 Å². The fourth-order valence-corrected chi connectivity index (χ4v) is 11.3. The second-order valence-electron chi connectivity index (χ2n) is 15.7. The minimum atomic E-state index is -4.45. The highest BCUT2D eigenvalue weighted by Crippen LogP contribution is 2.62. The number of rotatable bonds is 12. The van der Waals surface area contributed by atoms with Gasteiger partial charge >= 0.3 is 10.1 Å². The Hall–Kier alpha value is -4.05. The van der Waals surface area contributed by atoms with Gasteiger partial charge in [-0.1, -0.05) is 47.0 Å². The van der Waals surface area contributed by atoms with E-state index in [1.807, 2.05) is 106 Å². The van der Waals surface area contributed by atoms with Crippen molar-refractivity contribution in [1.82, 2.24) is 4.48 Å². The highest BCUT2D eigenvalue weighted by atomic mass is 32.2. The van der Waals surface area contributed by atoms with E-state index in [0.29, 0.717) is 21.4 Å². The Labute approximate surface area is 341 Å². The van der Waals surface area contributed by atoms with Crippen LogP contribution in [0.2, 0.25) is 0 Å². The lowest BCUT2D eigenvalue weighted by atomic mass is 9.79. The second-order valence-corrected chi connectivity index (χ2v) is 21.0. The molecule has 3 heterocycles. The van der Waals surface area contributed by atoms with Gasteiger partial charge in [-0.15, -0.1) is 4.33 Å². The van der Waals surface area contributed by atoms with Crippen LogP contribution in [-0.4, -0.2) is 78.7 Å². The summed E-state index contributed by atoms with van der Waals surface area (Å²) in [7, 11) is -13.2. The predicted molar refractivity (Wildman–Crippen MR) is 223 cm³/mol. The van der Waals surface area contributed by atoms with Crippen molar-refractivity contribution in [2.24, 2.45) is 0 Å². The van der Waals surface area contributed by atoms with E-state index in [0.717, 1.165) is 56.6 Å².